The highest BCUT2D eigenvalue weighted by Crippen LogP contribution is 2.20. The van der Waals surface area contributed by atoms with Crippen LogP contribution >= 0.6 is 11.8 Å². The Kier molecular flexibility index (Phi) is 6.27. The molecule has 3 nitrogen and oxygen atoms in total. The molecule has 1 fully saturated rings. The summed E-state index contributed by atoms with van der Waals surface area (Å²) < 4.78 is 0. The maximum absolute atomic E-state index is 10.0. The number of aliphatic hydroxyl groups is 1. The van der Waals surface area contributed by atoms with E-state index in [1.807, 2.05) is 0 Å². The molecule has 0 saturated carbocycles. The van der Waals surface area contributed by atoms with E-state index in [4.69, 9.17) is 0 Å². The number of nitrogens with zero attached hydrogens (tertiary/aromatic N) is 1. The van der Waals surface area contributed by atoms with Crippen molar-refractivity contribution in [2.24, 2.45) is 0 Å². The van der Waals surface area contributed by atoms with Crippen molar-refractivity contribution in [3.63, 3.8) is 0 Å². The van der Waals surface area contributed by atoms with Crippen LogP contribution in [0.1, 0.15) is 34.1 Å². The van der Waals surface area contributed by atoms with Crippen LogP contribution in [0, 0.1) is 0 Å². The molecule has 0 radical (unpaired) electrons. The highest BCUT2D eigenvalue weighted by Gasteiger charge is 2.21. The highest BCUT2D eigenvalue weighted by atomic mass is 32.2. The van der Waals surface area contributed by atoms with Crippen LogP contribution in [-0.4, -0.2) is 58.8 Å². The smallest absolute Gasteiger partial charge is 0.0791 e. The van der Waals surface area contributed by atoms with E-state index < -0.39 is 0 Å². The average Bonchev–Trinajstić information content (AvgIpc) is 2.26. The van der Waals surface area contributed by atoms with Gasteiger partial charge in [-0.25, -0.2) is 0 Å². The van der Waals surface area contributed by atoms with Gasteiger partial charge in [0.25, 0.3) is 0 Å². The average molecular weight is 260 g/mol. The fourth-order valence-electron chi connectivity index (χ4n) is 1.98. The second-order valence-corrected chi connectivity index (χ2v) is 7.35. The Labute approximate surface area is 110 Å². The summed E-state index contributed by atoms with van der Waals surface area (Å²) in [5, 5.41) is 14.1. The molecule has 102 valence electrons. The SMILES string of the molecule is CCC1CN(CC(O)CNC(C)(C)C)CCS1. The quantitative estimate of drug-likeness (QED) is 0.786. The first kappa shape index (κ1) is 15.3. The van der Waals surface area contributed by atoms with Gasteiger partial charge in [0.15, 0.2) is 0 Å². The lowest BCUT2D eigenvalue weighted by molar-refractivity contribution is 0.106. The number of rotatable bonds is 5. The number of aliphatic hydroxyl groups excluding tert-OH is 1. The van der Waals surface area contributed by atoms with Crippen molar-refractivity contribution in [2.75, 3.05) is 31.9 Å². The highest BCUT2D eigenvalue weighted by molar-refractivity contribution is 8.00. The normalized spacial score (nSPS) is 24.9. The van der Waals surface area contributed by atoms with E-state index in [0.29, 0.717) is 6.54 Å². The molecule has 0 aromatic heterocycles. The van der Waals surface area contributed by atoms with Crippen molar-refractivity contribution in [3.05, 3.63) is 0 Å². The summed E-state index contributed by atoms with van der Waals surface area (Å²) in [7, 11) is 0. The van der Waals surface area contributed by atoms with E-state index in [2.05, 4.69) is 49.7 Å². The Morgan fingerprint density at radius 1 is 1.47 bits per heavy atom. The molecule has 0 aromatic rings. The van der Waals surface area contributed by atoms with Gasteiger partial charge in [-0.2, -0.15) is 11.8 Å². The van der Waals surface area contributed by atoms with Crippen LogP contribution in [0.25, 0.3) is 0 Å². The Morgan fingerprint density at radius 3 is 2.76 bits per heavy atom. The summed E-state index contributed by atoms with van der Waals surface area (Å²) >= 11 is 2.07. The maximum Gasteiger partial charge on any atom is 0.0791 e. The van der Waals surface area contributed by atoms with Crippen molar-refractivity contribution in [1.29, 1.82) is 0 Å². The first-order valence-electron chi connectivity index (χ1n) is 6.67. The second kappa shape index (κ2) is 6.98. The van der Waals surface area contributed by atoms with Crippen LogP contribution < -0.4 is 5.32 Å². The summed E-state index contributed by atoms with van der Waals surface area (Å²) in [5.41, 5.74) is 0.0880. The molecule has 0 aromatic carbocycles. The summed E-state index contributed by atoms with van der Waals surface area (Å²) in [5.74, 6) is 1.21. The molecule has 0 bridgehead atoms. The van der Waals surface area contributed by atoms with E-state index in [0.717, 1.165) is 24.9 Å². The minimum absolute atomic E-state index is 0.0880. The molecule has 1 heterocycles. The third-order valence-corrected chi connectivity index (χ3v) is 4.39. The third kappa shape index (κ3) is 6.65. The topological polar surface area (TPSA) is 35.5 Å². The van der Waals surface area contributed by atoms with Crippen molar-refractivity contribution in [2.45, 2.75) is 51.0 Å². The Morgan fingerprint density at radius 2 is 2.18 bits per heavy atom. The molecule has 1 rings (SSSR count). The molecule has 17 heavy (non-hydrogen) atoms. The van der Waals surface area contributed by atoms with E-state index >= 15 is 0 Å². The third-order valence-electron chi connectivity index (χ3n) is 3.02. The molecule has 1 aliphatic rings. The van der Waals surface area contributed by atoms with Gasteiger partial charge in [0.05, 0.1) is 6.10 Å². The maximum atomic E-state index is 10.0. The predicted octanol–water partition coefficient (Wildman–Crippen LogP) is 1.56. The molecular weight excluding hydrogens is 232 g/mol. The van der Waals surface area contributed by atoms with Gasteiger partial charge >= 0.3 is 0 Å². The molecule has 0 spiro atoms. The number of hydrogen-bond acceptors (Lipinski definition) is 4. The molecule has 2 N–H and O–H groups in total. The van der Waals surface area contributed by atoms with Gasteiger partial charge in [0, 0.05) is 42.7 Å². The van der Waals surface area contributed by atoms with Crippen LogP contribution in [0.3, 0.4) is 0 Å². The van der Waals surface area contributed by atoms with E-state index in [-0.39, 0.29) is 11.6 Å². The molecule has 4 heteroatoms. The zero-order valence-electron chi connectivity index (χ0n) is 11.7. The van der Waals surface area contributed by atoms with Crippen LogP contribution in [-0.2, 0) is 0 Å². The van der Waals surface area contributed by atoms with Gasteiger partial charge in [0.1, 0.15) is 0 Å². The summed E-state index contributed by atoms with van der Waals surface area (Å²) in [6.07, 6.45) is 0.979. The first-order chi connectivity index (χ1) is 7.90. The summed E-state index contributed by atoms with van der Waals surface area (Å²) in [4.78, 5) is 2.40. The fraction of sp³-hybridized carbons (Fsp3) is 1.00. The molecule has 1 saturated heterocycles. The molecule has 0 aliphatic carbocycles. The fourth-order valence-corrected chi connectivity index (χ4v) is 3.23. The zero-order chi connectivity index (χ0) is 12.9. The summed E-state index contributed by atoms with van der Waals surface area (Å²) in [6, 6.07) is 0. The van der Waals surface area contributed by atoms with Crippen LogP contribution in [0.15, 0.2) is 0 Å². The number of thioether (sulfide) groups is 1. The first-order valence-corrected chi connectivity index (χ1v) is 7.72. The van der Waals surface area contributed by atoms with Crippen LogP contribution in [0.5, 0.6) is 0 Å². The Balaban J connectivity index is 2.23. The van der Waals surface area contributed by atoms with E-state index in [9.17, 15) is 5.11 Å². The monoisotopic (exact) mass is 260 g/mol. The Bertz CT molecular complexity index is 218. The van der Waals surface area contributed by atoms with Gasteiger partial charge in [-0.05, 0) is 27.2 Å². The van der Waals surface area contributed by atoms with E-state index in [1.165, 1.54) is 12.2 Å². The van der Waals surface area contributed by atoms with Gasteiger partial charge in [-0.15, -0.1) is 0 Å². The zero-order valence-corrected chi connectivity index (χ0v) is 12.5. The van der Waals surface area contributed by atoms with Gasteiger partial charge in [-0.3, -0.25) is 4.90 Å². The molecule has 2 atom stereocenters. The molecule has 2 unspecified atom stereocenters. The number of hydrogen-bond donors (Lipinski definition) is 2. The molecular formula is C13H28N2OS. The van der Waals surface area contributed by atoms with Crippen molar-refractivity contribution < 1.29 is 5.11 Å². The van der Waals surface area contributed by atoms with Crippen molar-refractivity contribution in [1.82, 2.24) is 10.2 Å². The molecule has 0 amide bonds. The lowest BCUT2D eigenvalue weighted by atomic mass is 10.1. The lowest BCUT2D eigenvalue weighted by Crippen LogP contribution is -2.47. The second-order valence-electron chi connectivity index (χ2n) is 5.95. The number of β-amino-alcohol motifs (C(OH)–C–C–N with tert-alkyl or cyclic N) is 1. The number of nitrogens with one attached hydrogen (secondary N) is 1. The lowest BCUT2D eigenvalue weighted by Gasteiger charge is -2.33. The van der Waals surface area contributed by atoms with Gasteiger partial charge in [0.2, 0.25) is 0 Å². The standard InChI is InChI=1S/C13H28N2OS/c1-5-12-10-15(6-7-17-12)9-11(16)8-14-13(2,3)4/h11-12,14,16H,5-10H2,1-4H3. The molecule has 1 aliphatic heterocycles. The van der Waals surface area contributed by atoms with Crippen LogP contribution in [0.4, 0.5) is 0 Å². The minimum atomic E-state index is -0.255. The van der Waals surface area contributed by atoms with Gasteiger partial charge in [-0.1, -0.05) is 6.92 Å². The summed E-state index contributed by atoms with van der Waals surface area (Å²) in [6.45, 7) is 12.4. The van der Waals surface area contributed by atoms with Crippen LogP contribution in [0.2, 0.25) is 0 Å². The largest absolute Gasteiger partial charge is 0.390 e. The van der Waals surface area contributed by atoms with E-state index in [1.54, 1.807) is 0 Å². The predicted molar refractivity (Wildman–Crippen MR) is 76.7 cm³/mol. The minimum Gasteiger partial charge on any atom is -0.390 e. The van der Waals surface area contributed by atoms with Gasteiger partial charge < -0.3 is 10.4 Å². The van der Waals surface area contributed by atoms with Crippen molar-refractivity contribution in [3.8, 4) is 0 Å². The Hall–Kier alpha value is 0.230. The van der Waals surface area contributed by atoms with Crippen molar-refractivity contribution >= 4 is 11.8 Å².